The molecule has 1 fully saturated rings. The van der Waals surface area contributed by atoms with Gasteiger partial charge in [-0.05, 0) is 107 Å². The first kappa shape index (κ1) is 33.6. The van der Waals surface area contributed by atoms with Gasteiger partial charge in [-0.15, -0.1) is 0 Å². The van der Waals surface area contributed by atoms with Gasteiger partial charge in [-0.3, -0.25) is 9.59 Å². The summed E-state index contributed by atoms with van der Waals surface area (Å²) in [5.74, 6) is 1.17. The molecule has 1 saturated carbocycles. The summed E-state index contributed by atoms with van der Waals surface area (Å²) in [6.07, 6.45) is 2.35. The number of hydrogen-bond donors (Lipinski definition) is 4. The first-order valence-corrected chi connectivity index (χ1v) is 15.0. The first-order valence-electron chi connectivity index (χ1n) is 15.0. The highest BCUT2D eigenvalue weighted by Crippen LogP contribution is 2.31. The van der Waals surface area contributed by atoms with Gasteiger partial charge in [0, 0.05) is 48.9 Å². The van der Waals surface area contributed by atoms with Gasteiger partial charge >= 0.3 is 6.09 Å². The van der Waals surface area contributed by atoms with Crippen molar-refractivity contribution in [2.24, 2.45) is 10.9 Å². The standard InChI is InChI=1S/C34H41N5O7/c1-34(2,3)46-33(42)37-25-12-10-24(11-13-25)36-31(40)23-18-28(44-26-14-6-21(7-15-26)30(35)38-43)20-29(19-23)45-27-16-8-22(9-17-27)32(41)39(4)5/h6-9,14-20,24-25,43H,10-13H2,1-5H3,(H2,35,38)(H,36,40)(H,37,42). The summed E-state index contributed by atoms with van der Waals surface area (Å²) in [6, 6.07) is 18.1. The molecule has 3 aromatic rings. The third-order valence-corrected chi connectivity index (χ3v) is 7.16. The summed E-state index contributed by atoms with van der Waals surface area (Å²) in [5, 5.41) is 18.0. The van der Waals surface area contributed by atoms with Crippen molar-refractivity contribution in [3.63, 3.8) is 0 Å². The van der Waals surface area contributed by atoms with Gasteiger partial charge in [0.25, 0.3) is 11.8 Å². The number of benzene rings is 3. The van der Waals surface area contributed by atoms with E-state index in [1.165, 1.54) is 4.90 Å². The molecule has 0 aliphatic heterocycles. The number of alkyl carbamates (subject to hydrolysis) is 1. The summed E-state index contributed by atoms with van der Waals surface area (Å²) < 4.78 is 17.5. The van der Waals surface area contributed by atoms with E-state index >= 15 is 0 Å². The van der Waals surface area contributed by atoms with Crippen molar-refractivity contribution < 1.29 is 33.8 Å². The fraction of sp³-hybridized carbons (Fsp3) is 0.353. The van der Waals surface area contributed by atoms with Crippen molar-refractivity contribution >= 4 is 23.7 Å². The van der Waals surface area contributed by atoms with E-state index in [1.54, 1.807) is 80.8 Å². The number of amidine groups is 1. The van der Waals surface area contributed by atoms with E-state index in [4.69, 9.17) is 25.2 Å². The number of carbonyl (C=O) groups excluding carboxylic acids is 3. The number of nitrogens with zero attached hydrogens (tertiary/aromatic N) is 2. The second kappa shape index (κ2) is 14.7. The van der Waals surface area contributed by atoms with Gasteiger partial charge < -0.3 is 40.7 Å². The molecular weight excluding hydrogens is 590 g/mol. The Morgan fingerprint density at radius 1 is 0.761 bits per heavy atom. The highest BCUT2D eigenvalue weighted by molar-refractivity contribution is 5.97. The van der Waals surface area contributed by atoms with Gasteiger partial charge in [0.1, 0.15) is 28.6 Å². The molecule has 0 heterocycles. The summed E-state index contributed by atoms with van der Waals surface area (Å²) >= 11 is 0. The molecule has 0 aromatic heterocycles. The van der Waals surface area contributed by atoms with Crippen LogP contribution in [0.15, 0.2) is 71.9 Å². The number of nitrogens with two attached hydrogens (primary N) is 1. The molecule has 5 N–H and O–H groups in total. The highest BCUT2D eigenvalue weighted by Gasteiger charge is 2.26. The molecule has 0 spiro atoms. The Morgan fingerprint density at radius 2 is 1.24 bits per heavy atom. The lowest BCUT2D eigenvalue weighted by molar-refractivity contribution is 0.0487. The zero-order chi connectivity index (χ0) is 33.4. The molecule has 4 rings (SSSR count). The molecule has 0 bridgehead atoms. The van der Waals surface area contributed by atoms with Crippen LogP contribution >= 0.6 is 0 Å². The quantitative estimate of drug-likeness (QED) is 0.102. The fourth-order valence-electron chi connectivity index (χ4n) is 4.89. The summed E-state index contributed by atoms with van der Waals surface area (Å²) in [5.41, 5.74) is 6.45. The first-order chi connectivity index (χ1) is 21.8. The van der Waals surface area contributed by atoms with Gasteiger partial charge in [0.05, 0.1) is 0 Å². The Balaban J connectivity index is 1.49. The number of nitrogens with one attached hydrogen (secondary N) is 2. The Morgan fingerprint density at radius 3 is 1.70 bits per heavy atom. The number of hydrogen-bond acceptors (Lipinski definition) is 8. The fourth-order valence-corrected chi connectivity index (χ4v) is 4.89. The molecule has 0 saturated heterocycles. The van der Waals surface area contributed by atoms with Crippen molar-refractivity contribution in [3.8, 4) is 23.0 Å². The molecule has 1 aliphatic rings. The van der Waals surface area contributed by atoms with Crippen molar-refractivity contribution in [2.75, 3.05) is 14.1 Å². The van der Waals surface area contributed by atoms with Crippen LogP contribution in [0.4, 0.5) is 4.79 Å². The van der Waals surface area contributed by atoms with Crippen LogP contribution < -0.4 is 25.8 Å². The molecule has 12 heteroatoms. The average molecular weight is 632 g/mol. The maximum absolute atomic E-state index is 13.5. The summed E-state index contributed by atoms with van der Waals surface area (Å²) in [7, 11) is 3.36. The second-order valence-corrected chi connectivity index (χ2v) is 12.3. The Kier molecular flexibility index (Phi) is 10.7. The third kappa shape index (κ3) is 9.62. The van der Waals surface area contributed by atoms with Gasteiger partial charge in [0.15, 0.2) is 5.84 Å². The SMILES string of the molecule is CN(C)C(=O)c1ccc(Oc2cc(Oc3ccc(/C(N)=N/O)cc3)cc(C(=O)NC3CCC(NC(=O)OC(C)(C)C)CC3)c2)cc1. The number of rotatable bonds is 9. The van der Waals surface area contributed by atoms with Crippen LogP contribution in [0, 0.1) is 0 Å². The molecule has 0 unspecified atom stereocenters. The third-order valence-electron chi connectivity index (χ3n) is 7.16. The monoisotopic (exact) mass is 631 g/mol. The summed E-state index contributed by atoms with van der Waals surface area (Å²) in [6.45, 7) is 5.46. The Bertz CT molecular complexity index is 1560. The highest BCUT2D eigenvalue weighted by atomic mass is 16.6. The number of amides is 3. The van der Waals surface area contributed by atoms with Gasteiger partial charge in [-0.1, -0.05) is 5.16 Å². The van der Waals surface area contributed by atoms with Crippen LogP contribution in [0.25, 0.3) is 0 Å². The number of carbonyl (C=O) groups is 3. The molecule has 3 amide bonds. The molecule has 244 valence electrons. The maximum Gasteiger partial charge on any atom is 0.407 e. The van der Waals surface area contributed by atoms with E-state index in [-0.39, 0.29) is 29.7 Å². The van der Waals surface area contributed by atoms with Crippen molar-refractivity contribution in [1.29, 1.82) is 0 Å². The van der Waals surface area contributed by atoms with E-state index in [0.717, 1.165) is 0 Å². The summed E-state index contributed by atoms with van der Waals surface area (Å²) in [4.78, 5) is 39.4. The average Bonchev–Trinajstić information content (AvgIpc) is 3.01. The van der Waals surface area contributed by atoms with Crippen molar-refractivity contribution in [2.45, 2.75) is 64.1 Å². The van der Waals surface area contributed by atoms with Gasteiger partial charge in [-0.25, -0.2) is 4.79 Å². The minimum atomic E-state index is -0.573. The lowest BCUT2D eigenvalue weighted by Crippen LogP contribution is -2.45. The molecular formula is C34H41N5O7. The van der Waals surface area contributed by atoms with E-state index in [0.29, 0.717) is 65.4 Å². The van der Waals surface area contributed by atoms with E-state index in [1.807, 2.05) is 20.8 Å². The zero-order valence-electron chi connectivity index (χ0n) is 26.7. The maximum atomic E-state index is 13.5. The molecule has 3 aromatic carbocycles. The van der Waals surface area contributed by atoms with Crippen molar-refractivity contribution in [3.05, 3.63) is 83.4 Å². The number of ether oxygens (including phenoxy) is 3. The Labute approximate surface area is 268 Å². The molecule has 0 radical (unpaired) electrons. The molecule has 0 atom stereocenters. The van der Waals surface area contributed by atoms with E-state index in [2.05, 4.69) is 15.8 Å². The van der Waals surface area contributed by atoms with Crippen LogP contribution in [-0.2, 0) is 4.74 Å². The zero-order valence-corrected chi connectivity index (χ0v) is 26.7. The molecule has 12 nitrogen and oxygen atoms in total. The van der Waals surface area contributed by atoms with Gasteiger partial charge in [-0.2, -0.15) is 0 Å². The lowest BCUT2D eigenvalue weighted by Gasteiger charge is -2.30. The lowest BCUT2D eigenvalue weighted by atomic mass is 9.91. The molecule has 1 aliphatic carbocycles. The normalized spacial score (nSPS) is 16.6. The minimum absolute atomic E-state index is 0.0236. The largest absolute Gasteiger partial charge is 0.457 e. The smallest absolute Gasteiger partial charge is 0.407 e. The van der Waals surface area contributed by atoms with Crippen LogP contribution in [0.3, 0.4) is 0 Å². The van der Waals surface area contributed by atoms with Crippen LogP contribution in [0.5, 0.6) is 23.0 Å². The van der Waals surface area contributed by atoms with E-state index < -0.39 is 11.7 Å². The van der Waals surface area contributed by atoms with Crippen LogP contribution in [-0.4, -0.2) is 65.6 Å². The Hall–Kier alpha value is -5.26. The number of oxime groups is 1. The molecule has 46 heavy (non-hydrogen) atoms. The minimum Gasteiger partial charge on any atom is -0.457 e. The second-order valence-electron chi connectivity index (χ2n) is 12.3. The van der Waals surface area contributed by atoms with E-state index in [9.17, 15) is 14.4 Å². The van der Waals surface area contributed by atoms with Gasteiger partial charge in [0.2, 0.25) is 0 Å². The predicted molar refractivity (Wildman–Crippen MR) is 173 cm³/mol. The topological polar surface area (TPSA) is 165 Å². The van der Waals surface area contributed by atoms with Crippen molar-refractivity contribution in [1.82, 2.24) is 15.5 Å². The van der Waals surface area contributed by atoms with Crippen LogP contribution in [0.1, 0.15) is 72.7 Å². The predicted octanol–water partition coefficient (Wildman–Crippen LogP) is 5.63. The van der Waals surface area contributed by atoms with Crippen LogP contribution in [0.2, 0.25) is 0 Å².